The van der Waals surface area contributed by atoms with Gasteiger partial charge in [0, 0.05) is 58.6 Å². The van der Waals surface area contributed by atoms with Gasteiger partial charge in [-0.05, 0) is 68.0 Å². The lowest BCUT2D eigenvalue weighted by atomic mass is 9.80. The number of nitrogens with zero attached hydrogens (tertiary/aromatic N) is 1. The van der Waals surface area contributed by atoms with Gasteiger partial charge in [0.15, 0.2) is 11.6 Å². The lowest BCUT2D eigenvalue weighted by molar-refractivity contribution is -0.152. The zero-order valence-corrected chi connectivity index (χ0v) is 47.5. The Morgan fingerprint density at radius 1 is 0.419 bits per heavy atom. The second kappa shape index (κ2) is 30.6. The quantitative estimate of drug-likeness (QED) is 0.0837. The molecule has 396 valence electrons. The van der Waals surface area contributed by atoms with E-state index in [1.807, 2.05) is 225 Å². The normalized spacial score (nSPS) is 11.4. The van der Waals surface area contributed by atoms with Gasteiger partial charge < -0.3 is 4.74 Å². The molecule has 0 radical (unpaired) electrons. The minimum Gasteiger partial charge on any atom is -0.465 e. The topological polar surface area (TPSA) is 107 Å². The molecule has 0 aliphatic rings. The number of carbonyl (C=O) groups excluding carboxylic acids is 5. The number of Topliss-reactive ketones (excluding diaryl/α,β-unsaturated/α-hetero) is 4. The molecule has 1 heterocycles. The molecule has 6 rings (SSSR count). The molecule has 0 bridgehead atoms. The Hall–Kier alpha value is -6.60. The highest BCUT2D eigenvalue weighted by Gasteiger charge is 2.27. The standard InChI is InChI=1S/C19H22O.C14H20O.C13H18O2.C11H14O.C10H13NO/c1-19(2,3)18(20)14-17(15-10-6-4-7-11-15)16-12-8-5-9-13-16;1-14(2,3)13(15)11-7-10-12-8-5-4-6-9-12;1-13(2,3)12(14)15-10-9-11-7-5-4-6-8-11;1-11(2,3)10(12)9-7-5-4-6-8-9;1-10(2,3)9(12)8-6-4-5-7-11-8/h4-13,17H,14H2,1-3H3;4-6,8-9H,7,10-11H2,1-3H3;4-8H,9-10H2,1-3H3;4-8H,1-3H3;4-7H,1-3H3. The fourth-order valence-electron chi connectivity index (χ4n) is 6.79. The van der Waals surface area contributed by atoms with E-state index in [0.29, 0.717) is 36.7 Å². The Balaban J connectivity index is 0.000000321. The van der Waals surface area contributed by atoms with Crippen LogP contribution in [0.5, 0.6) is 0 Å². The number of ether oxygens (including phenoxy) is 1. The Morgan fingerprint density at radius 3 is 1.19 bits per heavy atom. The molecule has 7 nitrogen and oxygen atoms in total. The maximum Gasteiger partial charge on any atom is 0.311 e. The Morgan fingerprint density at radius 2 is 0.811 bits per heavy atom. The van der Waals surface area contributed by atoms with E-state index >= 15 is 0 Å². The molecule has 0 saturated carbocycles. The first kappa shape index (κ1) is 63.5. The number of carbonyl (C=O) groups is 5. The number of hydrogen-bond acceptors (Lipinski definition) is 7. The first-order chi connectivity index (χ1) is 34.5. The highest BCUT2D eigenvalue weighted by atomic mass is 16.5. The summed E-state index contributed by atoms with van der Waals surface area (Å²) in [5, 5.41) is 0. The number of rotatable bonds is 13. The summed E-state index contributed by atoms with van der Waals surface area (Å²) in [6, 6.07) is 55.7. The second-order valence-electron chi connectivity index (χ2n) is 23.6. The van der Waals surface area contributed by atoms with Gasteiger partial charge in [-0.15, -0.1) is 0 Å². The van der Waals surface area contributed by atoms with Crippen LogP contribution < -0.4 is 0 Å². The summed E-state index contributed by atoms with van der Waals surface area (Å²) in [4.78, 5) is 62.8. The lowest BCUT2D eigenvalue weighted by Gasteiger charge is -2.23. The molecule has 1 aromatic heterocycles. The third-order valence-electron chi connectivity index (χ3n) is 11.6. The molecular formula is C67H87NO6. The van der Waals surface area contributed by atoms with Crippen LogP contribution in [0.3, 0.4) is 0 Å². The van der Waals surface area contributed by atoms with Crippen LogP contribution in [0.1, 0.15) is 172 Å². The van der Waals surface area contributed by atoms with Crippen LogP contribution in [-0.4, -0.2) is 40.7 Å². The molecular weight excluding hydrogens is 915 g/mol. The molecule has 0 unspecified atom stereocenters. The third kappa shape index (κ3) is 25.4. The predicted molar refractivity (Wildman–Crippen MR) is 306 cm³/mol. The molecule has 0 N–H and O–H groups in total. The van der Waals surface area contributed by atoms with Gasteiger partial charge in [-0.1, -0.05) is 241 Å². The van der Waals surface area contributed by atoms with Crippen LogP contribution >= 0.6 is 0 Å². The van der Waals surface area contributed by atoms with Crippen LogP contribution in [-0.2, 0) is 32.0 Å². The van der Waals surface area contributed by atoms with Crippen molar-refractivity contribution >= 4 is 29.1 Å². The summed E-state index contributed by atoms with van der Waals surface area (Å²) < 4.78 is 5.17. The largest absolute Gasteiger partial charge is 0.465 e. The van der Waals surface area contributed by atoms with E-state index in [-0.39, 0.29) is 45.1 Å². The van der Waals surface area contributed by atoms with Gasteiger partial charge in [-0.2, -0.15) is 0 Å². The van der Waals surface area contributed by atoms with Crippen molar-refractivity contribution < 1.29 is 28.7 Å². The van der Waals surface area contributed by atoms with Gasteiger partial charge in [-0.3, -0.25) is 29.0 Å². The summed E-state index contributed by atoms with van der Waals surface area (Å²) in [5.74, 6) is 0.947. The fourth-order valence-corrected chi connectivity index (χ4v) is 6.79. The Kier molecular flexibility index (Phi) is 26.2. The van der Waals surface area contributed by atoms with E-state index in [1.165, 1.54) is 22.3 Å². The number of aryl methyl sites for hydroxylation is 1. The van der Waals surface area contributed by atoms with Crippen LogP contribution in [0, 0.1) is 27.1 Å². The van der Waals surface area contributed by atoms with Crippen molar-refractivity contribution in [2.75, 3.05) is 6.61 Å². The minimum absolute atomic E-state index is 0.0862. The monoisotopic (exact) mass is 1000 g/mol. The van der Waals surface area contributed by atoms with E-state index in [9.17, 15) is 24.0 Å². The van der Waals surface area contributed by atoms with Crippen molar-refractivity contribution in [1.82, 2.24) is 4.98 Å². The number of aromatic nitrogens is 1. The van der Waals surface area contributed by atoms with Gasteiger partial charge in [0.05, 0.1) is 12.0 Å². The van der Waals surface area contributed by atoms with Gasteiger partial charge in [0.25, 0.3) is 0 Å². The molecule has 0 spiro atoms. The van der Waals surface area contributed by atoms with E-state index in [4.69, 9.17) is 4.74 Å². The van der Waals surface area contributed by atoms with E-state index in [2.05, 4.69) is 41.4 Å². The third-order valence-corrected chi connectivity index (χ3v) is 11.6. The zero-order valence-electron chi connectivity index (χ0n) is 47.5. The zero-order chi connectivity index (χ0) is 55.6. The first-order valence-electron chi connectivity index (χ1n) is 26.0. The van der Waals surface area contributed by atoms with E-state index in [1.54, 1.807) is 18.3 Å². The molecule has 7 heteroatoms. The lowest BCUT2D eigenvalue weighted by Crippen LogP contribution is -2.23. The summed E-state index contributed by atoms with van der Waals surface area (Å²) in [7, 11) is 0. The van der Waals surface area contributed by atoms with Crippen molar-refractivity contribution in [3.63, 3.8) is 0 Å². The number of benzene rings is 5. The van der Waals surface area contributed by atoms with Crippen LogP contribution in [0.15, 0.2) is 176 Å². The smallest absolute Gasteiger partial charge is 0.311 e. The maximum absolute atomic E-state index is 12.4. The molecule has 0 amide bonds. The fraction of sp³-hybridized carbons (Fsp3) is 0.403. The number of ketones is 4. The average Bonchev–Trinajstić information content (AvgIpc) is 3.36. The maximum atomic E-state index is 12.4. The van der Waals surface area contributed by atoms with Gasteiger partial charge in [-0.25, -0.2) is 0 Å². The molecule has 0 saturated heterocycles. The molecule has 6 aromatic rings. The molecule has 0 aliphatic heterocycles. The van der Waals surface area contributed by atoms with Gasteiger partial charge >= 0.3 is 5.97 Å². The predicted octanol–water partition coefficient (Wildman–Crippen LogP) is 16.5. The minimum atomic E-state index is -0.406. The first-order valence-corrected chi connectivity index (χ1v) is 26.0. The Labute approximate surface area is 446 Å². The summed E-state index contributed by atoms with van der Waals surface area (Å²) in [5.41, 5.74) is 4.77. The molecule has 0 atom stereocenters. The van der Waals surface area contributed by atoms with E-state index < -0.39 is 5.41 Å². The van der Waals surface area contributed by atoms with Gasteiger partial charge in [0.2, 0.25) is 0 Å². The van der Waals surface area contributed by atoms with Crippen molar-refractivity contribution in [3.05, 3.63) is 210 Å². The average molecular weight is 1000 g/mol. The summed E-state index contributed by atoms with van der Waals surface area (Å²) in [6.07, 6.45) is 5.63. The summed E-state index contributed by atoms with van der Waals surface area (Å²) in [6.45, 7) is 29.4. The highest BCUT2D eigenvalue weighted by Crippen LogP contribution is 2.32. The van der Waals surface area contributed by atoms with Crippen LogP contribution in [0.2, 0.25) is 0 Å². The van der Waals surface area contributed by atoms with Crippen molar-refractivity contribution in [3.8, 4) is 0 Å². The number of hydrogen-bond donors (Lipinski definition) is 0. The molecule has 0 aliphatic carbocycles. The number of esters is 1. The SMILES string of the molecule is CC(C)(C)C(=O)CC(c1ccccc1)c1ccccc1.CC(C)(C)C(=O)CCCc1ccccc1.CC(C)(C)C(=O)OCCc1ccccc1.CC(C)(C)C(=O)c1ccccc1.CC(C)(C)C(=O)c1ccccn1. The van der Waals surface area contributed by atoms with Crippen LogP contribution in [0.4, 0.5) is 0 Å². The van der Waals surface area contributed by atoms with Gasteiger partial charge in [0.1, 0.15) is 17.3 Å². The number of pyridine rings is 1. The van der Waals surface area contributed by atoms with Crippen molar-refractivity contribution in [2.24, 2.45) is 27.1 Å². The molecule has 5 aromatic carbocycles. The molecule has 74 heavy (non-hydrogen) atoms. The molecule has 0 fully saturated rings. The second-order valence-corrected chi connectivity index (χ2v) is 23.6. The summed E-state index contributed by atoms with van der Waals surface area (Å²) >= 11 is 0. The Bertz CT molecular complexity index is 2370. The highest BCUT2D eigenvalue weighted by molar-refractivity contribution is 5.99. The van der Waals surface area contributed by atoms with E-state index in [0.717, 1.165) is 24.8 Å². The van der Waals surface area contributed by atoms with Crippen molar-refractivity contribution in [2.45, 2.75) is 142 Å². The van der Waals surface area contributed by atoms with Crippen LogP contribution in [0.25, 0.3) is 0 Å². The van der Waals surface area contributed by atoms with Crippen molar-refractivity contribution in [1.29, 1.82) is 0 Å².